The lowest BCUT2D eigenvalue weighted by atomic mass is 9.96. The molecule has 0 bridgehead atoms. The maximum Gasteiger partial charge on any atom is 0.0950 e. The molecule has 4 nitrogen and oxygen atoms in total. The van der Waals surface area contributed by atoms with Crippen molar-refractivity contribution in [3.8, 4) is 0 Å². The van der Waals surface area contributed by atoms with Gasteiger partial charge in [0.2, 0.25) is 0 Å². The molecule has 2 atom stereocenters. The van der Waals surface area contributed by atoms with Gasteiger partial charge in [0.15, 0.2) is 0 Å². The lowest BCUT2D eigenvalue weighted by Gasteiger charge is -2.34. The molecule has 0 radical (unpaired) electrons. The van der Waals surface area contributed by atoms with Gasteiger partial charge >= 0.3 is 0 Å². The van der Waals surface area contributed by atoms with Crippen LogP contribution in [-0.4, -0.2) is 41.9 Å². The van der Waals surface area contributed by atoms with Crippen LogP contribution in [-0.2, 0) is 17.7 Å². The Bertz CT molecular complexity index is 422. The van der Waals surface area contributed by atoms with Crippen LogP contribution in [0.15, 0.2) is 18.2 Å². The number of nitrogens with two attached hydrogens (primary N) is 1. The molecule has 1 aromatic rings. The first kappa shape index (κ1) is 11.0. The molecule has 1 fully saturated rings. The maximum absolute atomic E-state index is 9.85. The quantitative estimate of drug-likeness (QED) is 0.690. The van der Waals surface area contributed by atoms with Crippen molar-refractivity contribution in [3.63, 3.8) is 0 Å². The highest BCUT2D eigenvalue weighted by atomic mass is 16.5. The second kappa shape index (κ2) is 4.29. The maximum atomic E-state index is 9.85. The van der Waals surface area contributed by atoms with Gasteiger partial charge in [-0.1, -0.05) is 12.1 Å². The minimum atomic E-state index is -0.349. The van der Waals surface area contributed by atoms with Gasteiger partial charge in [0.1, 0.15) is 0 Å². The molecule has 0 amide bonds. The number of rotatable bonds is 1. The Morgan fingerprint density at radius 1 is 1.35 bits per heavy atom. The lowest BCUT2D eigenvalue weighted by Crippen LogP contribution is -2.45. The number of ether oxygens (including phenoxy) is 1. The van der Waals surface area contributed by atoms with Crippen LogP contribution in [0.4, 0.5) is 5.69 Å². The normalized spacial score (nSPS) is 29.2. The molecule has 1 saturated heterocycles. The van der Waals surface area contributed by atoms with Gasteiger partial charge in [-0.25, -0.2) is 0 Å². The first-order valence-corrected chi connectivity index (χ1v) is 6.12. The second-order valence-electron chi connectivity index (χ2n) is 4.88. The van der Waals surface area contributed by atoms with Crippen molar-refractivity contribution < 1.29 is 9.84 Å². The first-order chi connectivity index (χ1) is 8.25. The number of nitrogen functional groups attached to an aromatic ring is 1. The van der Waals surface area contributed by atoms with E-state index in [-0.39, 0.29) is 12.1 Å². The van der Waals surface area contributed by atoms with E-state index in [4.69, 9.17) is 10.5 Å². The standard InChI is InChI=1S/C13H18N2O2/c14-11-3-1-2-9-6-15(5-4-10(9)11)12-7-17-8-13(12)16/h1-3,12-13,16H,4-8,14H2. The highest BCUT2D eigenvalue weighted by Gasteiger charge is 2.33. The summed E-state index contributed by atoms with van der Waals surface area (Å²) >= 11 is 0. The molecule has 2 aliphatic heterocycles. The molecule has 0 aromatic heterocycles. The Morgan fingerprint density at radius 2 is 2.24 bits per heavy atom. The zero-order valence-electron chi connectivity index (χ0n) is 9.80. The number of nitrogens with zero attached hydrogens (tertiary/aromatic N) is 1. The van der Waals surface area contributed by atoms with Gasteiger partial charge < -0.3 is 15.6 Å². The van der Waals surface area contributed by atoms with Crippen LogP contribution in [0.2, 0.25) is 0 Å². The number of hydrogen-bond acceptors (Lipinski definition) is 4. The third kappa shape index (κ3) is 1.92. The molecule has 92 valence electrons. The largest absolute Gasteiger partial charge is 0.398 e. The first-order valence-electron chi connectivity index (χ1n) is 6.12. The van der Waals surface area contributed by atoms with Crippen molar-refractivity contribution in [2.45, 2.75) is 25.1 Å². The molecule has 0 aliphatic carbocycles. The van der Waals surface area contributed by atoms with Gasteiger partial charge in [0.05, 0.1) is 25.4 Å². The lowest BCUT2D eigenvalue weighted by molar-refractivity contribution is 0.0743. The van der Waals surface area contributed by atoms with E-state index in [9.17, 15) is 5.11 Å². The van der Waals surface area contributed by atoms with Gasteiger partial charge in [-0.05, 0) is 23.6 Å². The van der Waals surface area contributed by atoms with Gasteiger partial charge in [-0.2, -0.15) is 0 Å². The Hall–Kier alpha value is -1.10. The molecule has 1 aromatic carbocycles. The van der Waals surface area contributed by atoms with Crippen molar-refractivity contribution in [1.82, 2.24) is 4.90 Å². The highest BCUT2D eigenvalue weighted by molar-refractivity contribution is 5.51. The van der Waals surface area contributed by atoms with E-state index in [1.807, 2.05) is 12.1 Å². The van der Waals surface area contributed by atoms with Gasteiger partial charge in [0.25, 0.3) is 0 Å². The Balaban J connectivity index is 1.81. The Kier molecular flexibility index (Phi) is 2.78. The predicted molar refractivity (Wildman–Crippen MR) is 65.6 cm³/mol. The fourth-order valence-electron chi connectivity index (χ4n) is 2.82. The van der Waals surface area contributed by atoms with Crippen molar-refractivity contribution >= 4 is 5.69 Å². The molecule has 3 rings (SSSR count). The summed E-state index contributed by atoms with van der Waals surface area (Å²) in [6, 6.07) is 6.23. The zero-order valence-corrected chi connectivity index (χ0v) is 9.80. The summed E-state index contributed by atoms with van der Waals surface area (Å²) in [7, 11) is 0. The predicted octanol–water partition coefficient (Wildman–Crippen LogP) is 0.387. The summed E-state index contributed by atoms with van der Waals surface area (Å²) in [4.78, 5) is 2.31. The van der Waals surface area contributed by atoms with Gasteiger partial charge in [-0.3, -0.25) is 4.90 Å². The van der Waals surface area contributed by atoms with Crippen LogP contribution in [0.5, 0.6) is 0 Å². The van der Waals surface area contributed by atoms with E-state index in [1.165, 1.54) is 11.1 Å². The SMILES string of the molecule is Nc1cccc2c1CCN(C1COCC1O)C2. The van der Waals surface area contributed by atoms with E-state index in [0.29, 0.717) is 13.2 Å². The monoisotopic (exact) mass is 234 g/mol. The van der Waals surface area contributed by atoms with E-state index in [0.717, 1.165) is 25.2 Å². The summed E-state index contributed by atoms with van der Waals surface area (Å²) < 4.78 is 5.32. The van der Waals surface area contributed by atoms with E-state index >= 15 is 0 Å². The van der Waals surface area contributed by atoms with Gasteiger partial charge in [-0.15, -0.1) is 0 Å². The summed E-state index contributed by atoms with van der Waals surface area (Å²) in [6.45, 7) is 2.92. The number of anilines is 1. The third-order valence-electron chi connectivity index (χ3n) is 3.82. The molecule has 4 heteroatoms. The number of aliphatic hydroxyl groups excluding tert-OH is 1. The van der Waals surface area contributed by atoms with E-state index in [2.05, 4.69) is 11.0 Å². The van der Waals surface area contributed by atoms with E-state index in [1.54, 1.807) is 0 Å². The fourth-order valence-corrected chi connectivity index (χ4v) is 2.82. The highest BCUT2D eigenvalue weighted by Crippen LogP contribution is 2.27. The van der Waals surface area contributed by atoms with Crippen LogP contribution in [0, 0.1) is 0 Å². The minimum absolute atomic E-state index is 0.143. The van der Waals surface area contributed by atoms with Crippen molar-refractivity contribution in [3.05, 3.63) is 29.3 Å². The third-order valence-corrected chi connectivity index (χ3v) is 3.82. The Labute approximate surface area is 101 Å². The number of hydrogen-bond donors (Lipinski definition) is 2. The topological polar surface area (TPSA) is 58.7 Å². The fraction of sp³-hybridized carbons (Fsp3) is 0.538. The number of benzene rings is 1. The molecule has 0 spiro atoms. The molecule has 2 unspecified atom stereocenters. The van der Waals surface area contributed by atoms with Crippen molar-refractivity contribution in [2.24, 2.45) is 0 Å². The van der Waals surface area contributed by atoms with E-state index < -0.39 is 0 Å². The average Bonchev–Trinajstić information content (AvgIpc) is 2.75. The Morgan fingerprint density at radius 3 is 3.00 bits per heavy atom. The molecule has 0 saturated carbocycles. The van der Waals surface area contributed by atoms with Crippen LogP contribution >= 0.6 is 0 Å². The summed E-state index contributed by atoms with van der Waals surface area (Å²) in [6.07, 6.45) is 0.614. The zero-order chi connectivity index (χ0) is 11.8. The molecule has 17 heavy (non-hydrogen) atoms. The smallest absolute Gasteiger partial charge is 0.0950 e. The average molecular weight is 234 g/mol. The van der Waals surface area contributed by atoms with Crippen molar-refractivity contribution in [1.29, 1.82) is 0 Å². The van der Waals surface area contributed by atoms with Gasteiger partial charge in [0, 0.05) is 18.8 Å². The number of fused-ring (bicyclic) bond motifs is 1. The number of aliphatic hydroxyl groups is 1. The second-order valence-corrected chi connectivity index (χ2v) is 4.88. The summed E-state index contributed by atoms with van der Waals surface area (Å²) in [5, 5.41) is 9.85. The summed E-state index contributed by atoms with van der Waals surface area (Å²) in [5.74, 6) is 0. The van der Waals surface area contributed by atoms with Crippen LogP contribution in [0.1, 0.15) is 11.1 Å². The molecular weight excluding hydrogens is 216 g/mol. The molecular formula is C13H18N2O2. The van der Waals surface area contributed by atoms with Crippen molar-refractivity contribution in [2.75, 3.05) is 25.5 Å². The van der Waals surface area contributed by atoms with Crippen LogP contribution < -0.4 is 5.73 Å². The summed E-state index contributed by atoms with van der Waals surface area (Å²) in [5.41, 5.74) is 9.43. The molecule has 3 N–H and O–H groups in total. The van der Waals surface area contributed by atoms with Crippen LogP contribution in [0.3, 0.4) is 0 Å². The molecule has 2 heterocycles. The van der Waals surface area contributed by atoms with Crippen LogP contribution in [0.25, 0.3) is 0 Å². The minimum Gasteiger partial charge on any atom is -0.398 e. The molecule has 2 aliphatic rings.